The molecular formula is C11H14ClN. The molecule has 0 aromatic heterocycles. The zero-order valence-electron chi connectivity index (χ0n) is 7.70. The summed E-state index contributed by atoms with van der Waals surface area (Å²) in [5.41, 5.74) is 7.23. The smallest absolute Gasteiger partial charge is 0.0406 e. The molecule has 1 aliphatic rings. The first-order valence-electron chi connectivity index (χ1n) is 4.69. The lowest BCUT2D eigenvalue weighted by Gasteiger charge is -2.40. The molecule has 0 bridgehead atoms. The molecule has 1 aliphatic carbocycles. The van der Waals surface area contributed by atoms with E-state index in [1.54, 1.807) is 0 Å². The Kier molecular flexibility index (Phi) is 2.31. The molecule has 0 spiro atoms. The van der Waals surface area contributed by atoms with Crippen molar-refractivity contribution in [1.82, 2.24) is 0 Å². The van der Waals surface area contributed by atoms with E-state index in [4.69, 9.17) is 17.3 Å². The highest BCUT2D eigenvalue weighted by molar-refractivity contribution is 6.30. The summed E-state index contributed by atoms with van der Waals surface area (Å²) < 4.78 is 0. The SMILES string of the molecule is CC1C(N)CC1c1ccc(Cl)cc1. The van der Waals surface area contributed by atoms with Gasteiger partial charge in [-0.2, -0.15) is 0 Å². The molecule has 0 aliphatic heterocycles. The molecule has 0 radical (unpaired) electrons. The average Bonchev–Trinajstić information content (AvgIpc) is 2.15. The summed E-state index contributed by atoms with van der Waals surface area (Å²) in [6.07, 6.45) is 1.11. The Hall–Kier alpha value is -0.530. The minimum Gasteiger partial charge on any atom is -0.327 e. The Morgan fingerprint density at radius 3 is 2.38 bits per heavy atom. The highest BCUT2D eigenvalue weighted by Gasteiger charge is 2.35. The summed E-state index contributed by atoms with van der Waals surface area (Å²) in [4.78, 5) is 0. The van der Waals surface area contributed by atoms with Crippen LogP contribution in [0.1, 0.15) is 24.8 Å². The Morgan fingerprint density at radius 1 is 1.31 bits per heavy atom. The first-order valence-corrected chi connectivity index (χ1v) is 5.07. The second-order valence-corrected chi connectivity index (χ2v) is 4.35. The normalized spacial score (nSPS) is 32.7. The lowest BCUT2D eigenvalue weighted by molar-refractivity contribution is 0.226. The van der Waals surface area contributed by atoms with Gasteiger partial charge < -0.3 is 5.73 Å². The van der Waals surface area contributed by atoms with E-state index in [1.807, 2.05) is 12.1 Å². The lowest BCUT2D eigenvalue weighted by atomic mass is 9.67. The van der Waals surface area contributed by atoms with Gasteiger partial charge in [-0.1, -0.05) is 30.7 Å². The van der Waals surface area contributed by atoms with Crippen LogP contribution in [0.4, 0.5) is 0 Å². The van der Waals surface area contributed by atoms with Crippen molar-refractivity contribution in [2.24, 2.45) is 11.7 Å². The van der Waals surface area contributed by atoms with E-state index in [0.29, 0.717) is 17.9 Å². The molecule has 1 fully saturated rings. The van der Waals surface area contributed by atoms with Crippen molar-refractivity contribution in [2.45, 2.75) is 25.3 Å². The van der Waals surface area contributed by atoms with Crippen LogP contribution in [0.3, 0.4) is 0 Å². The molecule has 2 N–H and O–H groups in total. The fourth-order valence-corrected chi connectivity index (χ4v) is 2.10. The van der Waals surface area contributed by atoms with E-state index >= 15 is 0 Å². The molecule has 1 saturated carbocycles. The summed E-state index contributed by atoms with van der Waals surface area (Å²) in [7, 11) is 0. The zero-order chi connectivity index (χ0) is 9.42. The molecule has 1 nitrogen and oxygen atoms in total. The fraction of sp³-hybridized carbons (Fsp3) is 0.455. The van der Waals surface area contributed by atoms with E-state index in [0.717, 1.165) is 11.4 Å². The molecule has 13 heavy (non-hydrogen) atoms. The summed E-state index contributed by atoms with van der Waals surface area (Å²) in [5, 5.41) is 0.806. The maximum absolute atomic E-state index is 5.85. The van der Waals surface area contributed by atoms with Gasteiger partial charge in [0.2, 0.25) is 0 Å². The largest absolute Gasteiger partial charge is 0.327 e. The fourth-order valence-electron chi connectivity index (χ4n) is 1.97. The number of benzene rings is 1. The third kappa shape index (κ3) is 1.59. The van der Waals surface area contributed by atoms with Gasteiger partial charge in [0, 0.05) is 11.1 Å². The number of hydrogen-bond donors (Lipinski definition) is 1. The van der Waals surface area contributed by atoms with Gasteiger partial charge >= 0.3 is 0 Å². The van der Waals surface area contributed by atoms with Crippen molar-refractivity contribution in [3.8, 4) is 0 Å². The van der Waals surface area contributed by atoms with E-state index in [2.05, 4.69) is 19.1 Å². The predicted octanol–water partition coefficient (Wildman–Crippen LogP) is 2.79. The Morgan fingerprint density at radius 2 is 1.92 bits per heavy atom. The van der Waals surface area contributed by atoms with E-state index in [-0.39, 0.29) is 0 Å². The van der Waals surface area contributed by atoms with Gasteiger partial charge in [0.15, 0.2) is 0 Å². The van der Waals surface area contributed by atoms with Gasteiger partial charge in [-0.25, -0.2) is 0 Å². The van der Waals surface area contributed by atoms with Gasteiger partial charge in [-0.3, -0.25) is 0 Å². The molecule has 1 aromatic rings. The predicted molar refractivity (Wildman–Crippen MR) is 55.9 cm³/mol. The number of nitrogens with two attached hydrogens (primary N) is 1. The van der Waals surface area contributed by atoms with Crippen LogP contribution >= 0.6 is 11.6 Å². The monoisotopic (exact) mass is 195 g/mol. The third-order valence-corrected chi connectivity index (χ3v) is 3.39. The van der Waals surface area contributed by atoms with Crippen molar-refractivity contribution < 1.29 is 0 Å². The van der Waals surface area contributed by atoms with Crippen LogP contribution in [0.5, 0.6) is 0 Å². The first-order chi connectivity index (χ1) is 6.18. The van der Waals surface area contributed by atoms with Gasteiger partial charge in [-0.15, -0.1) is 0 Å². The van der Waals surface area contributed by atoms with Crippen molar-refractivity contribution >= 4 is 11.6 Å². The second-order valence-electron chi connectivity index (χ2n) is 3.92. The topological polar surface area (TPSA) is 26.0 Å². The summed E-state index contributed by atoms with van der Waals surface area (Å²) >= 11 is 5.82. The van der Waals surface area contributed by atoms with Crippen LogP contribution in [0.2, 0.25) is 5.02 Å². The molecule has 3 unspecified atom stereocenters. The highest BCUT2D eigenvalue weighted by Crippen LogP contribution is 2.41. The molecule has 0 amide bonds. The summed E-state index contributed by atoms with van der Waals surface area (Å²) in [6.45, 7) is 2.22. The van der Waals surface area contributed by atoms with E-state index in [9.17, 15) is 0 Å². The van der Waals surface area contributed by atoms with Gasteiger partial charge in [0.25, 0.3) is 0 Å². The molecule has 2 rings (SSSR count). The maximum atomic E-state index is 5.85. The highest BCUT2D eigenvalue weighted by atomic mass is 35.5. The van der Waals surface area contributed by atoms with Crippen LogP contribution in [-0.2, 0) is 0 Å². The van der Waals surface area contributed by atoms with Crippen molar-refractivity contribution in [3.05, 3.63) is 34.9 Å². The second kappa shape index (κ2) is 3.32. The van der Waals surface area contributed by atoms with Gasteiger partial charge in [0.1, 0.15) is 0 Å². The Balaban J connectivity index is 2.14. The Labute approximate surface area is 83.9 Å². The van der Waals surface area contributed by atoms with Gasteiger partial charge in [0.05, 0.1) is 0 Å². The zero-order valence-corrected chi connectivity index (χ0v) is 8.46. The summed E-state index contributed by atoms with van der Waals surface area (Å²) in [6, 6.07) is 8.51. The molecule has 70 valence electrons. The van der Waals surface area contributed by atoms with Crippen LogP contribution in [0, 0.1) is 5.92 Å². The lowest BCUT2D eigenvalue weighted by Crippen LogP contribution is -2.44. The molecule has 0 heterocycles. The maximum Gasteiger partial charge on any atom is 0.0406 e. The molecule has 0 saturated heterocycles. The molecule has 2 heteroatoms. The van der Waals surface area contributed by atoms with E-state index in [1.165, 1.54) is 5.56 Å². The van der Waals surface area contributed by atoms with Crippen molar-refractivity contribution in [3.63, 3.8) is 0 Å². The number of halogens is 1. The number of rotatable bonds is 1. The quantitative estimate of drug-likeness (QED) is 0.733. The van der Waals surface area contributed by atoms with Gasteiger partial charge in [-0.05, 0) is 36.0 Å². The van der Waals surface area contributed by atoms with Crippen LogP contribution in [0.25, 0.3) is 0 Å². The third-order valence-electron chi connectivity index (χ3n) is 3.13. The van der Waals surface area contributed by atoms with Crippen molar-refractivity contribution in [1.29, 1.82) is 0 Å². The summed E-state index contributed by atoms with van der Waals surface area (Å²) in [5.74, 6) is 1.26. The first kappa shape index (κ1) is 9.04. The molecular weight excluding hydrogens is 182 g/mol. The minimum absolute atomic E-state index is 0.390. The Bertz CT molecular complexity index is 293. The van der Waals surface area contributed by atoms with Crippen LogP contribution in [0.15, 0.2) is 24.3 Å². The van der Waals surface area contributed by atoms with Crippen LogP contribution < -0.4 is 5.73 Å². The minimum atomic E-state index is 0.390. The standard InChI is InChI=1S/C11H14ClN/c1-7-10(6-11(7)13)8-2-4-9(12)5-3-8/h2-5,7,10-11H,6,13H2,1H3. The molecule has 1 aromatic carbocycles. The van der Waals surface area contributed by atoms with Crippen LogP contribution in [-0.4, -0.2) is 6.04 Å². The average molecular weight is 196 g/mol. The number of hydrogen-bond acceptors (Lipinski definition) is 1. The van der Waals surface area contributed by atoms with E-state index < -0.39 is 0 Å². The van der Waals surface area contributed by atoms with Crippen molar-refractivity contribution in [2.75, 3.05) is 0 Å². The molecule has 3 atom stereocenters.